The van der Waals surface area contributed by atoms with Gasteiger partial charge in [-0.2, -0.15) is 0 Å². The van der Waals surface area contributed by atoms with Crippen LogP contribution < -0.4 is 5.32 Å². The predicted octanol–water partition coefficient (Wildman–Crippen LogP) is 3.96. The van der Waals surface area contributed by atoms with Gasteiger partial charge < -0.3 is 14.6 Å². The molecule has 0 bridgehead atoms. The van der Waals surface area contributed by atoms with E-state index in [-0.39, 0.29) is 22.8 Å². The molecule has 1 aromatic heterocycles. The Hall–Kier alpha value is -2.99. The number of amides is 1. The summed E-state index contributed by atoms with van der Waals surface area (Å²) in [4.78, 5) is 12.6. The minimum atomic E-state index is -0.293. The Labute approximate surface area is 162 Å². The molecule has 28 heavy (non-hydrogen) atoms. The normalized spacial score (nSPS) is 15.9. The summed E-state index contributed by atoms with van der Waals surface area (Å²) in [6, 6.07) is 17.6. The van der Waals surface area contributed by atoms with E-state index < -0.39 is 0 Å². The van der Waals surface area contributed by atoms with E-state index in [0.29, 0.717) is 25.5 Å². The molecule has 1 fully saturated rings. The highest BCUT2D eigenvalue weighted by molar-refractivity contribution is 5.93. The third kappa shape index (κ3) is 3.82. The Bertz CT molecular complexity index is 932. The van der Waals surface area contributed by atoms with Crippen molar-refractivity contribution in [1.29, 1.82) is 0 Å². The second-order valence-electron chi connectivity index (χ2n) is 7.02. The highest BCUT2D eigenvalue weighted by atomic mass is 19.1. The largest absolute Gasteiger partial charge is 0.381 e. The lowest BCUT2D eigenvalue weighted by Crippen LogP contribution is -2.44. The number of nitrogens with zero attached hydrogens (tertiary/aromatic N) is 1. The second-order valence-corrected chi connectivity index (χ2v) is 7.02. The average Bonchev–Trinajstić information content (AvgIpc) is 3.24. The van der Waals surface area contributed by atoms with E-state index in [4.69, 9.17) is 9.26 Å². The van der Waals surface area contributed by atoms with Crippen molar-refractivity contribution in [1.82, 2.24) is 10.5 Å². The van der Waals surface area contributed by atoms with Gasteiger partial charge in [-0.15, -0.1) is 0 Å². The molecule has 0 spiro atoms. The molecular formula is C22H21FN2O3. The molecule has 1 aliphatic rings. The van der Waals surface area contributed by atoms with E-state index in [9.17, 15) is 9.18 Å². The number of carbonyl (C=O) groups excluding carboxylic acids is 1. The van der Waals surface area contributed by atoms with Crippen molar-refractivity contribution < 1.29 is 18.4 Å². The molecule has 0 saturated carbocycles. The molecule has 3 aromatic rings. The molecule has 0 radical (unpaired) electrons. The lowest BCUT2D eigenvalue weighted by molar-refractivity contribution is 0.0486. The zero-order valence-electron chi connectivity index (χ0n) is 15.4. The number of benzene rings is 2. The minimum absolute atomic E-state index is 0.236. The Morgan fingerprint density at radius 2 is 1.79 bits per heavy atom. The van der Waals surface area contributed by atoms with Gasteiger partial charge in [0.25, 0.3) is 5.91 Å². The van der Waals surface area contributed by atoms with Crippen molar-refractivity contribution in [2.75, 3.05) is 19.8 Å². The van der Waals surface area contributed by atoms with Crippen LogP contribution in [-0.4, -0.2) is 30.8 Å². The van der Waals surface area contributed by atoms with Gasteiger partial charge in [0.1, 0.15) is 5.82 Å². The van der Waals surface area contributed by atoms with Crippen molar-refractivity contribution in [2.45, 2.75) is 18.3 Å². The first kappa shape index (κ1) is 18.4. The van der Waals surface area contributed by atoms with Gasteiger partial charge in [-0.3, -0.25) is 4.79 Å². The highest BCUT2D eigenvalue weighted by Gasteiger charge is 2.35. The average molecular weight is 380 g/mol. The van der Waals surface area contributed by atoms with Crippen molar-refractivity contribution in [3.8, 4) is 11.3 Å². The molecular weight excluding hydrogens is 359 g/mol. The third-order valence-electron chi connectivity index (χ3n) is 5.29. The fourth-order valence-corrected chi connectivity index (χ4v) is 3.59. The maximum atomic E-state index is 13.3. The lowest BCUT2D eigenvalue weighted by atomic mass is 9.74. The molecule has 0 atom stereocenters. The Morgan fingerprint density at radius 3 is 2.50 bits per heavy atom. The zero-order valence-corrected chi connectivity index (χ0v) is 15.4. The molecule has 0 aliphatic carbocycles. The van der Waals surface area contributed by atoms with E-state index >= 15 is 0 Å². The summed E-state index contributed by atoms with van der Waals surface area (Å²) in [5, 5.41) is 6.88. The first-order valence-corrected chi connectivity index (χ1v) is 9.30. The first-order chi connectivity index (χ1) is 13.7. The van der Waals surface area contributed by atoms with Gasteiger partial charge in [0.05, 0.1) is 0 Å². The summed E-state index contributed by atoms with van der Waals surface area (Å²) in [7, 11) is 0. The third-order valence-corrected chi connectivity index (χ3v) is 5.29. The number of rotatable bonds is 5. The molecule has 0 unspecified atom stereocenters. The molecule has 1 saturated heterocycles. The monoisotopic (exact) mass is 380 g/mol. The molecule has 6 heteroatoms. The SMILES string of the molecule is O=C(NCC1(c2ccc(F)cc2)CCOCC1)c1cc(-c2ccccc2)on1. The molecule has 2 aromatic carbocycles. The van der Waals surface area contributed by atoms with Gasteiger partial charge in [0, 0.05) is 36.8 Å². The number of ether oxygens (including phenoxy) is 1. The van der Waals surface area contributed by atoms with Gasteiger partial charge in [0.2, 0.25) is 0 Å². The number of hydrogen-bond donors (Lipinski definition) is 1. The maximum Gasteiger partial charge on any atom is 0.273 e. The molecule has 144 valence electrons. The Morgan fingerprint density at radius 1 is 1.07 bits per heavy atom. The van der Waals surface area contributed by atoms with Crippen LogP contribution in [0.3, 0.4) is 0 Å². The fraction of sp³-hybridized carbons (Fsp3) is 0.273. The summed E-state index contributed by atoms with van der Waals surface area (Å²) in [5.74, 6) is -0.0185. The quantitative estimate of drug-likeness (QED) is 0.728. The van der Waals surface area contributed by atoms with Crippen LogP contribution >= 0.6 is 0 Å². The molecule has 1 aliphatic heterocycles. The van der Waals surface area contributed by atoms with Crippen LogP contribution in [0.4, 0.5) is 4.39 Å². The van der Waals surface area contributed by atoms with Crippen LogP contribution in [0, 0.1) is 5.82 Å². The van der Waals surface area contributed by atoms with Crippen LogP contribution in [0.5, 0.6) is 0 Å². The summed E-state index contributed by atoms with van der Waals surface area (Å²) >= 11 is 0. The van der Waals surface area contributed by atoms with E-state index in [1.54, 1.807) is 18.2 Å². The number of aromatic nitrogens is 1. The number of halogens is 1. The molecule has 1 N–H and O–H groups in total. The van der Waals surface area contributed by atoms with Crippen molar-refractivity contribution >= 4 is 5.91 Å². The van der Waals surface area contributed by atoms with Crippen LogP contribution in [-0.2, 0) is 10.2 Å². The zero-order chi connectivity index (χ0) is 19.4. The van der Waals surface area contributed by atoms with Crippen molar-refractivity contribution in [3.05, 3.63) is 77.7 Å². The molecule has 2 heterocycles. The van der Waals surface area contributed by atoms with Gasteiger partial charge >= 0.3 is 0 Å². The topological polar surface area (TPSA) is 64.4 Å². The van der Waals surface area contributed by atoms with Gasteiger partial charge in [-0.1, -0.05) is 47.6 Å². The van der Waals surface area contributed by atoms with E-state index in [1.807, 2.05) is 30.3 Å². The molecule has 5 nitrogen and oxygen atoms in total. The smallest absolute Gasteiger partial charge is 0.273 e. The van der Waals surface area contributed by atoms with Gasteiger partial charge in [-0.05, 0) is 30.5 Å². The van der Waals surface area contributed by atoms with E-state index in [0.717, 1.165) is 24.0 Å². The fourth-order valence-electron chi connectivity index (χ4n) is 3.59. The highest BCUT2D eigenvalue weighted by Crippen LogP contribution is 2.34. The maximum absolute atomic E-state index is 13.3. The van der Waals surface area contributed by atoms with E-state index in [1.165, 1.54) is 12.1 Å². The van der Waals surface area contributed by atoms with Crippen molar-refractivity contribution in [3.63, 3.8) is 0 Å². The second kappa shape index (κ2) is 7.94. The first-order valence-electron chi connectivity index (χ1n) is 9.30. The summed E-state index contributed by atoms with van der Waals surface area (Å²) in [6.45, 7) is 1.64. The Kier molecular flexibility index (Phi) is 5.21. The van der Waals surface area contributed by atoms with Crippen molar-refractivity contribution in [2.24, 2.45) is 0 Å². The predicted molar refractivity (Wildman–Crippen MR) is 102 cm³/mol. The van der Waals surface area contributed by atoms with Gasteiger partial charge in [-0.25, -0.2) is 4.39 Å². The minimum Gasteiger partial charge on any atom is -0.381 e. The molecule has 1 amide bonds. The van der Waals surface area contributed by atoms with Crippen LogP contribution in [0.1, 0.15) is 28.9 Å². The summed E-state index contributed by atoms with van der Waals surface area (Å²) in [5.41, 5.74) is 1.82. The Balaban J connectivity index is 1.49. The lowest BCUT2D eigenvalue weighted by Gasteiger charge is -2.37. The van der Waals surface area contributed by atoms with Crippen LogP contribution in [0.25, 0.3) is 11.3 Å². The number of hydrogen-bond acceptors (Lipinski definition) is 4. The summed E-state index contributed by atoms with van der Waals surface area (Å²) < 4.78 is 24.2. The van der Waals surface area contributed by atoms with Gasteiger partial charge in [0.15, 0.2) is 11.5 Å². The standard InChI is InChI=1S/C22H21FN2O3/c23-18-8-6-17(7-9-18)22(10-12-27-13-11-22)15-24-21(26)19-14-20(28-25-19)16-4-2-1-3-5-16/h1-9,14H,10-13,15H2,(H,24,26). The van der Waals surface area contributed by atoms with Crippen LogP contribution in [0.15, 0.2) is 65.2 Å². The molecule has 4 rings (SSSR count). The number of nitrogens with one attached hydrogen (secondary N) is 1. The van der Waals surface area contributed by atoms with Crippen LogP contribution in [0.2, 0.25) is 0 Å². The number of carbonyl (C=O) groups is 1. The van der Waals surface area contributed by atoms with E-state index in [2.05, 4.69) is 10.5 Å². The summed E-state index contributed by atoms with van der Waals surface area (Å²) in [6.07, 6.45) is 1.51.